The molecule has 0 unspecified atom stereocenters. The van der Waals surface area contributed by atoms with E-state index in [-0.39, 0.29) is 33.8 Å². The highest BCUT2D eigenvalue weighted by atomic mass is 16.3. The summed E-state index contributed by atoms with van der Waals surface area (Å²) >= 11 is 0. The third-order valence-corrected chi connectivity index (χ3v) is 18.7. The Labute approximate surface area is 522 Å². The molecule has 88 heavy (non-hydrogen) atoms. The van der Waals surface area contributed by atoms with Crippen molar-refractivity contribution >= 4 is 107 Å². The van der Waals surface area contributed by atoms with Gasteiger partial charge in [-0.05, 0) is 175 Å². The maximum atomic E-state index is 7.57. The van der Waals surface area contributed by atoms with Crippen molar-refractivity contribution in [3.63, 3.8) is 0 Å². The highest BCUT2D eigenvalue weighted by Gasteiger charge is 2.48. The number of hydrogen-bond acceptors (Lipinski definition) is 4. The molecule has 0 atom stereocenters. The van der Waals surface area contributed by atoms with Gasteiger partial charge in [-0.25, -0.2) is 0 Å². The Morgan fingerprint density at radius 2 is 0.875 bits per heavy atom. The van der Waals surface area contributed by atoms with Crippen molar-refractivity contribution in [2.45, 2.75) is 131 Å². The molecule has 6 heteroatoms. The molecule has 10 aromatic carbocycles. The van der Waals surface area contributed by atoms with E-state index in [2.05, 4.69) is 342 Å². The molecule has 0 aliphatic carbocycles. The topological polar surface area (TPSA) is 27.8 Å². The van der Waals surface area contributed by atoms with Gasteiger partial charge in [-0.1, -0.05) is 219 Å². The molecule has 0 N–H and O–H groups in total. The lowest BCUT2D eigenvalue weighted by atomic mass is 9.35. The third kappa shape index (κ3) is 9.53. The Morgan fingerprint density at radius 3 is 1.52 bits per heavy atom. The van der Waals surface area contributed by atoms with Crippen LogP contribution in [0.1, 0.15) is 132 Å². The fraction of sp³-hybridized carbons (Fsp3) is 0.244. The van der Waals surface area contributed by atoms with Gasteiger partial charge in [0.05, 0.1) is 28.1 Å². The van der Waals surface area contributed by atoms with Gasteiger partial charge in [0.1, 0.15) is 5.58 Å². The van der Waals surface area contributed by atoms with Crippen LogP contribution in [0.3, 0.4) is 0 Å². The van der Waals surface area contributed by atoms with E-state index in [1.807, 2.05) is 0 Å². The van der Waals surface area contributed by atoms with Gasteiger partial charge in [-0.3, -0.25) is 0 Å². The van der Waals surface area contributed by atoms with Crippen molar-refractivity contribution in [1.82, 2.24) is 4.57 Å². The quantitative estimate of drug-likeness (QED) is 0.149. The summed E-state index contributed by atoms with van der Waals surface area (Å²) < 4.78 is 10.0. The Morgan fingerprint density at radius 1 is 0.352 bits per heavy atom. The molecular weight excluding hydrogens is 1070 g/mol. The van der Waals surface area contributed by atoms with Crippen LogP contribution in [0.25, 0.3) is 49.6 Å². The van der Waals surface area contributed by atoms with Gasteiger partial charge in [0, 0.05) is 67.2 Å². The van der Waals surface area contributed by atoms with Crippen LogP contribution in [-0.2, 0) is 27.1 Å². The lowest BCUT2D eigenvalue weighted by molar-refractivity contribution is 0.589. The molecule has 0 amide bonds. The molecule has 4 heterocycles. The summed E-state index contributed by atoms with van der Waals surface area (Å²) in [6, 6.07) is 82.8. The van der Waals surface area contributed by atoms with Crippen LogP contribution < -0.4 is 31.3 Å². The molecular formula is C82H81BN4O. The van der Waals surface area contributed by atoms with Crippen molar-refractivity contribution in [3.8, 4) is 16.8 Å². The number of para-hydroxylation sites is 2. The molecule has 2 aromatic heterocycles. The van der Waals surface area contributed by atoms with Gasteiger partial charge < -0.3 is 23.7 Å². The molecule has 0 saturated heterocycles. The first kappa shape index (κ1) is 56.8. The first-order chi connectivity index (χ1) is 41.8. The SMILES string of the molecule is CC(C)(C)c1ccc(N(c2ccc3c(c2)N(c2ccc(C(C)(C)C)cc2-c2ccccc2)c2cc(C(C)(C)C)cc4c2B3c2oc3ccc(C(C)(C)C)cc3c2N4c2ccc(C(C)(C)C)cc2)c2ccc3c4ccccc4n(-c4ccccc4)c3c2)cc1. The monoisotopic (exact) mass is 1150 g/mol. The van der Waals surface area contributed by atoms with Gasteiger partial charge in [0.15, 0.2) is 0 Å². The summed E-state index contributed by atoms with van der Waals surface area (Å²) in [5.74, 6) is 0. The molecule has 0 fully saturated rings. The largest absolute Gasteiger partial charge is 0.468 e. The van der Waals surface area contributed by atoms with Crippen molar-refractivity contribution < 1.29 is 4.42 Å². The van der Waals surface area contributed by atoms with Crippen LogP contribution in [0.5, 0.6) is 0 Å². The minimum absolute atomic E-state index is 0.0195. The molecule has 2 aliphatic heterocycles. The van der Waals surface area contributed by atoms with Crippen LogP contribution in [0.15, 0.2) is 223 Å². The molecule has 0 radical (unpaired) electrons. The van der Waals surface area contributed by atoms with Crippen LogP contribution in [0.2, 0.25) is 0 Å². The van der Waals surface area contributed by atoms with Crippen LogP contribution in [0, 0.1) is 0 Å². The molecule has 0 bridgehead atoms. The first-order valence-electron chi connectivity index (χ1n) is 31.6. The van der Waals surface area contributed by atoms with E-state index < -0.39 is 0 Å². The summed E-state index contributed by atoms with van der Waals surface area (Å²) in [6.07, 6.45) is 0. The van der Waals surface area contributed by atoms with Gasteiger partial charge >= 0.3 is 0 Å². The van der Waals surface area contributed by atoms with Crippen LogP contribution in [0.4, 0.5) is 51.2 Å². The van der Waals surface area contributed by atoms with E-state index in [1.54, 1.807) is 0 Å². The lowest BCUT2D eigenvalue weighted by Gasteiger charge is -2.44. The minimum Gasteiger partial charge on any atom is -0.468 e. The zero-order valence-corrected chi connectivity index (χ0v) is 54.1. The van der Waals surface area contributed by atoms with Gasteiger partial charge in [0.2, 0.25) is 0 Å². The number of hydrogen-bond donors (Lipinski definition) is 0. The summed E-state index contributed by atoms with van der Waals surface area (Å²) in [6.45, 7) is 34.5. The minimum atomic E-state index is -0.267. The molecule has 0 saturated carbocycles. The second-order valence-corrected chi connectivity index (χ2v) is 30.0. The Bertz CT molecular complexity index is 4690. The Kier molecular flexibility index (Phi) is 13.1. The van der Waals surface area contributed by atoms with Gasteiger partial charge in [-0.2, -0.15) is 0 Å². The second kappa shape index (κ2) is 20.3. The van der Waals surface area contributed by atoms with E-state index in [0.717, 1.165) is 73.3 Å². The predicted octanol–water partition coefficient (Wildman–Crippen LogP) is 21.2. The molecule has 12 aromatic rings. The Balaban J connectivity index is 1.10. The average Bonchev–Trinajstić information content (AvgIpc) is 1.19. The molecule has 14 rings (SSSR count). The van der Waals surface area contributed by atoms with E-state index in [9.17, 15) is 0 Å². The lowest BCUT2D eigenvalue weighted by Crippen LogP contribution is -2.61. The van der Waals surface area contributed by atoms with E-state index in [0.29, 0.717) is 0 Å². The van der Waals surface area contributed by atoms with Crippen molar-refractivity contribution in [2.24, 2.45) is 0 Å². The first-order valence-corrected chi connectivity index (χ1v) is 31.6. The average molecular weight is 1150 g/mol. The number of benzene rings is 10. The number of rotatable bonds is 7. The molecule has 438 valence electrons. The fourth-order valence-corrected chi connectivity index (χ4v) is 13.7. The van der Waals surface area contributed by atoms with E-state index >= 15 is 0 Å². The highest BCUT2D eigenvalue weighted by Crippen LogP contribution is 2.52. The highest BCUT2D eigenvalue weighted by molar-refractivity contribution is 7.00. The summed E-state index contributed by atoms with van der Waals surface area (Å²) in [4.78, 5) is 7.66. The molecule has 2 aliphatic rings. The fourth-order valence-electron chi connectivity index (χ4n) is 13.7. The van der Waals surface area contributed by atoms with E-state index in [4.69, 9.17) is 4.42 Å². The number of anilines is 9. The standard InChI is InChI=1S/C82H81BN4O/c1-78(2,3)53-30-36-59(37-31-53)84(61-40-42-64-63-28-22-23-29-68(63)85(70(64)50-61)58-26-20-17-21-27-58)62-41-43-67-71(51-62)87(69-44-34-55(80(7,8)9)46-65(69)52-24-18-16-19-25-52)73-49-57(82(13,14)15)48-72-75(73)83(67)77-76(66-47-56(81(10,11)12)35-45-74(66)88-77)86(72)60-38-32-54(33-39-60)79(4,5)6/h16-51H,1-15H3. The molecule has 0 spiro atoms. The maximum absolute atomic E-state index is 7.57. The van der Waals surface area contributed by atoms with Crippen molar-refractivity contribution in [2.75, 3.05) is 14.7 Å². The molecule has 5 nitrogen and oxygen atoms in total. The normalized spacial score (nSPS) is 13.6. The Hall–Kier alpha value is -9.00. The zero-order valence-electron chi connectivity index (χ0n) is 54.1. The summed E-state index contributed by atoms with van der Waals surface area (Å²) in [5.41, 5.74) is 25.9. The van der Waals surface area contributed by atoms with Crippen molar-refractivity contribution in [3.05, 3.63) is 246 Å². The van der Waals surface area contributed by atoms with Gasteiger partial charge in [0.25, 0.3) is 6.71 Å². The smallest absolute Gasteiger partial charge is 0.297 e. The second-order valence-electron chi connectivity index (χ2n) is 30.0. The van der Waals surface area contributed by atoms with Crippen LogP contribution >= 0.6 is 0 Å². The number of nitrogens with zero attached hydrogens (tertiary/aromatic N) is 4. The number of fused-ring (bicyclic) bond motifs is 9. The maximum Gasteiger partial charge on any atom is 0.297 e. The third-order valence-electron chi connectivity index (χ3n) is 18.7. The number of furan rings is 1. The van der Waals surface area contributed by atoms with Crippen LogP contribution in [-0.4, -0.2) is 11.3 Å². The summed E-state index contributed by atoms with van der Waals surface area (Å²) in [5, 5.41) is 3.56. The number of aromatic nitrogens is 1. The zero-order chi connectivity index (χ0) is 61.6. The predicted molar refractivity (Wildman–Crippen MR) is 378 cm³/mol. The van der Waals surface area contributed by atoms with E-state index in [1.165, 1.54) is 71.8 Å². The summed E-state index contributed by atoms with van der Waals surface area (Å²) in [7, 11) is 0. The van der Waals surface area contributed by atoms with Crippen molar-refractivity contribution in [1.29, 1.82) is 0 Å². The van der Waals surface area contributed by atoms with Gasteiger partial charge in [-0.15, -0.1) is 0 Å².